The topological polar surface area (TPSA) is 107 Å². The Morgan fingerprint density at radius 3 is 2.51 bits per heavy atom. The van der Waals surface area contributed by atoms with Gasteiger partial charge in [-0.25, -0.2) is 9.18 Å². The molecule has 220 valence electrons. The molecular weight excluding hydrogens is 551 g/mol. The van der Waals surface area contributed by atoms with Crippen molar-refractivity contribution in [1.82, 2.24) is 0 Å². The maximum absolute atomic E-state index is 17.7. The van der Waals surface area contributed by atoms with Gasteiger partial charge < -0.3 is 14.6 Å². The number of fused-ring (bicyclic) bond motifs is 5. The van der Waals surface area contributed by atoms with Gasteiger partial charge in [0.1, 0.15) is 0 Å². The number of carbonyl (C=O) groups excluding carboxylic acids is 4. The Kier molecular flexibility index (Phi) is 7.35. The number of aliphatic hydroxyl groups is 1. The highest BCUT2D eigenvalue weighted by Gasteiger charge is 2.78. The van der Waals surface area contributed by atoms with E-state index in [0.29, 0.717) is 5.57 Å². The lowest BCUT2D eigenvalue weighted by atomic mass is 9.44. The number of ether oxygens (including phenoxy) is 2. The van der Waals surface area contributed by atoms with Crippen LogP contribution in [0.2, 0.25) is 0 Å². The molecule has 0 amide bonds. The summed E-state index contributed by atoms with van der Waals surface area (Å²) >= 11 is 6.96. The number of rotatable bonds is 6. The zero-order chi connectivity index (χ0) is 30.0. The quantitative estimate of drug-likeness (QED) is 0.372. The number of halogens is 2. The Labute approximate surface area is 244 Å². The summed E-state index contributed by atoms with van der Waals surface area (Å²) in [7, 11) is 0. The van der Waals surface area contributed by atoms with Crippen molar-refractivity contribution in [3.05, 3.63) is 59.7 Å². The number of alkyl halides is 2. The van der Waals surface area contributed by atoms with E-state index in [2.05, 4.69) is 0 Å². The number of ketones is 2. The molecular formula is C32H36ClFO7. The van der Waals surface area contributed by atoms with Gasteiger partial charge in [-0.2, -0.15) is 0 Å². The van der Waals surface area contributed by atoms with Crippen molar-refractivity contribution in [1.29, 1.82) is 0 Å². The average molecular weight is 587 g/mol. The second-order valence-corrected chi connectivity index (χ2v) is 13.0. The van der Waals surface area contributed by atoms with Crippen LogP contribution in [0.3, 0.4) is 0 Å². The van der Waals surface area contributed by atoms with Crippen molar-refractivity contribution in [3.63, 3.8) is 0 Å². The molecule has 5 rings (SSSR count). The number of allylic oxidation sites excluding steroid dienone is 4. The van der Waals surface area contributed by atoms with Gasteiger partial charge in [-0.3, -0.25) is 14.4 Å². The van der Waals surface area contributed by atoms with Crippen LogP contribution in [-0.4, -0.2) is 58.0 Å². The van der Waals surface area contributed by atoms with Crippen LogP contribution in [-0.2, 0) is 23.9 Å². The molecule has 0 aromatic heterocycles. The molecule has 41 heavy (non-hydrogen) atoms. The number of hydrogen-bond donors (Lipinski definition) is 1. The van der Waals surface area contributed by atoms with Gasteiger partial charge in [-0.1, -0.05) is 50.6 Å². The largest absolute Gasteiger partial charge is 0.457 e. The minimum absolute atomic E-state index is 0.0586. The Bertz CT molecular complexity index is 1340. The smallest absolute Gasteiger partial charge is 0.339 e. The van der Waals surface area contributed by atoms with Gasteiger partial charge in [-0.15, -0.1) is 11.6 Å². The zero-order valence-corrected chi connectivity index (χ0v) is 24.4. The van der Waals surface area contributed by atoms with E-state index >= 15 is 4.39 Å². The van der Waals surface area contributed by atoms with Gasteiger partial charge in [0.15, 0.2) is 23.7 Å². The lowest BCUT2D eigenvalue weighted by Gasteiger charge is -2.63. The second-order valence-electron chi connectivity index (χ2n) is 12.4. The predicted molar refractivity (Wildman–Crippen MR) is 149 cm³/mol. The number of benzene rings is 1. The standard InChI is InChI=1S/C32H36ClFO7/c1-5-26(38)40-17-25(37)32(41-28(39)19-9-7-6-8-10-19)18(2)13-22-27-23(33)15-20-14-21(35)11-12-29(20,3)31(27,34)24(36)16-30(22,32)4/h6-12,14,18,22-24,27,36H,5,13,15-17H2,1-4H3/t18?,22-,23?,24?,27+,29-,30-,31+,32-/m0/s1. The lowest BCUT2D eigenvalue weighted by molar-refractivity contribution is -0.219. The molecule has 3 unspecified atom stereocenters. The van der Waals surface area contributed by atoms with E-state index in [4.69, 9.17) is 21.1 Å². The van der Waals surface area contributed by atoms with Crippen molar-refractivity contribution >= 4 is 35.1 Å². The van der Waals surface area contributed by atoms with Crippen molar-refractivity contribution < 1.29 is 38.1 Å². The molecule has 4 aliphatic carbocycles. The fourth-order valence-electron chi connectivity index (χ4n) is 8.47. The Morgan fingerprint density at radius 2 is 1.85 bits per heavy atom. The first-order valence-corrected chi connectivity index (χ1v) is 14.6. The molecule has 1 N–H and O–H groups in total. The summed E-state index contributed by atoms with van der Waals surface area (Å²) < 4.78 is 29.2. The molecule has 1 aromatic carbocycles. The van der Waals surface area contributed by atoms with Crippen LogP contribution in [0.5, 0.6) is 0 Å². The minimum atomic E-state index is -2.25. The van der Waals surface area contributed by atoms with Crippen molar-refractivity contribution in [2.24, 2.45) is 28.6 Å². The lowest BCUT2D eigenvalue weighted by Crippen LogP contribution is -2.72. The van der Waals surface area contributed by atoms with Crippen LogP contribution in [0.4, 0.5) is 4.39 Å². The monoisotopic (exact) mass is 586 g/mol. The molecule has 0 radical (unpaired) electrons. The molecule has 0 heterocycles. The first-order chi connectivity index (χ1) is 19.3. The molecule has 9 heteroatoms. The maximum Gasteiger partial charge on any atom is 0.339 e. The SMILES string of the molecule is CCC(=O)OCC(=O)[C@@]1(OC(=O)c2ccccc2)C(C)C[C@H]2[C@@H]3C(Cl)CC4=CC(=O)C=C[C@]4(C)[C@@]3(F)C(O)C[C@@]21C. The van der Waals surface area contributed by atoms with E-state index in [1.807, 2.05) is 0 Å². The number of esters is 2. The normalized spacial score (nSPS) is 41.0. The highest BCUT2D eigenvalue weighted by atomic mass is 35.5. The van der Waals surface area contributed by atoms with E-state index in [9.17, 15) is 24.3 Å². The third kappa shape index (κ3) is 4.08. The van der Waals surface area contributed by atoms with Crippen LogP contribution in [0.15, 0.2) is 54.1 Å². The van der Waals surface area contributed by atoms with Gasteiger partial charge in [0, 0.05) is 34.5 Å². The molecule has 0 saturated heterocycles. The van der Waals surface area contributed by atoms with Crippen LogP contribution >= 0.6 is 11.6 Å². The molecule has 0 spiro atoms. The summed E-state index contributed by atoms with van der Waals surface area (Å²) in [5.74, 6) is -4.30. The Morgan fingerprint density at radius 1 is 1.17 bits per heavy atom. The van der Waals surface area contributed by atoms with Gasteiger partial charge >= 0.3 is 11.9 Å². The van der Waals surface area contributed by atoms with Crippen molar-refractivity contribution in [2.75, 3.05) is 6.61 Å². The summed E-state index contributed by atoms with van der Waals surface area (Å²) in [4.78, 5) is 51.9. The van der Waals surface area contributed by atoms with Gasteiger partial charge in [0.25, 0.3) is 0 Å². The number of Topliss-reactive ketones (excluding diaryl/α,β-unsaturated/α-hetero) is 1. The Hall–Kier alpha value is -2.84. The minimum Gasteiger partial charge on any atom is -0.457 e. The molecule has 3 saturated carbocycles. The van der Waals surface area contributed by atoms with Gasteiger partial charge in [0.2, 0.25) is 5.78 Å². The highest BCUT2D eigenvalue weighted by Crippen LogP contribution is 2.72. The fourth-order valence-corrected chi connectivity index (χ4v) is 9.00. The van der Waals surface area contributed by atoms with Gasteiger partial charge in [-0.05, 0) is 56.4 Å². The van der Waals surface area contributed by atoms with E-state index in [1.165, 1.54) is 18.2 Å². The third-order valence-electron chi connectivity index (χ3n) is 10.5. The summed E-state index contributed by atoms with van der Waals surface area (Å²) in [6, 6.07) is 8.23. The summed E-state index contributed by atoms with van der Waals surface area (Å²) in [5.41, 5.74) is -5.84. The van der Waals surface area contributed by atoms with Crippen molar-refractivity contribution in [2.45, 2.75) is 76.1 Å². The zero-order valence-electron chi connectivity index (χ0n) is 23.7. The number of hydrogen-bond acceptors (Lipinski definition) is 7. The predicted octanol–water partition coefficient (Wildman–Crippen LogP) is 4.94. The van der Waals surface area contributed by atoms with E-state index in [-0.39, 0.29) is 37.0 Å². The van der Waals surface area contributed by atoms with Crippen LogP contribution in [0, 0.1) is 28.6 Å². The van der Waals surface area contributed by atoms with Crippen LogP contribution < -0.4 is 0 Å². The number of aliphatic hydroxyl groups excluding tert-OH is 1. The molecule has 1 aromatic rings. The summed E-state index contributed by atoms with van der Waals surface area (Å²) in [6.07, 6.45) is 3.03. The second kappa shape index (κ2) is 10.2. The van der Waals surface area contributed by atoms with Crippen LogP contribution in [0.25, 0.3) is 0 Å². The van der Waals surface area contributed by atoms with Crippen LogP contribution in [0.1, 0.15) is 63.7 Å². The summed E-state index contributed by atoms with van der Waals surface area (Å²) in [6.45, 7) is 6.18. The molecule has 9 atom stereocenters. The molecule has 3 fully saturated rings. The average Bonchev–Trinajstić information content (AvgIpc) is 3.15. The molecule has 0 aliphatic heterocycles. The highest BCUT2D eigenvalue weighted by molar-refractivity contribution is 6.21. The van der Waals surface area contributed by atoms with E-state index < -0.39 is 75.7 Å². The number of carbonyl (C=O) groups is 4. The first kappa shape index (κ1) is 29.6. The van der Waals surface area contributed by atoms with E-state index in [0.717, 1.165) is 0 Å². The first-order valence-electron chi connectivity index (χ1n) is 14.2. The van der Waals surface area contributed by atoms with Gasteiger partial charge in [0.05, 0.1) is 11.7 Å². The van der Waals surface area contributed by atoms with E-state index in [1.54, 1.807) is 58.0 Å². The molecule has 4 aliphatic rings. The third-order valence-corrected chi connectivity index (χ3v) is 10.9. The molecule has 7 nitrogen and oxygen atoms in total. The fraction of sp³-hybridized carbons (Fsp3) is 0.562. The Balaban J connectivity index is 1.63. The molecule has 0 bridgehead atoms. The summed E-state index contributed by atoms with van der Waals surface area (Å²) in [5, 5.41) is 11.0. The maximum atomic E-state index is 17.7. The van der Waals surface area contributed by atoms with Crippen molar-refractivity contribution in [3.8, 4) is 0 Å².